The number of anilines is 2. The van der Waals surface area contributed by atoms with Crippen LogP contribution in [0.15, 0.2) is 40.6 Å². The molecule has 196 valence electrons. The Morgan fingerprint density at radius 3 is 2.81 bits per heavy atom. The minimum absolute atomic E-state index is 0.120. The highest BCUT2D eigenvalue weighted by molar-refractivity contribution is 5.96. The average molecular weight is 503 g/mol. The van der Waals surface area contributed by atoms with E-state index in [2.05, 4.69) is 20.4 Å². The Morgan fingerprint density at radius 1 is 1.44 bits per heavy atom. The molecule has 1 saturated heterocycles. The molecule has 0 spiro atoms. The van der Waals surface area contributed by atoms with E-state index < -0.39 is 24.8 Å². The second-order valence-corrected chi connectivity index (χ2v) is 9.68. The molecular formula is C24H35FN8O3. The lowest BCUT2D eigenvalue weighted by molar-refractivity contribution is -0.138. The molecule has 1 amide bonds. The predicted octanol–water partition coefficient (Wildman–Crippen LogP) is 2.05. The van der Waals surface area contributed by atoms with Crippen LogP contribution < -0.4 is 21.5 Å². The molecule has 2 aromatic rings. The third kappa shape index (κ3) is 6.94. The number of hydrogen-bond donors (Lipinski definition) is 4. The van der Waals surface area contributed by atoms with Crippen LogP contribution in [0.3, 0.4) is 0 Å². The van der Waals surface area contributed by atoms with Crippen LogP contribution in [0.5, 0.6) is 5.75 Å². The summed E-state index contributed by atoms with van der Waals surface area (Å²) >= 11 is 0. The number of halogens is 1. The van der Waals surface area contributed by atoms with E-state index in [1.54, 1.807) is 24.4 Å². The number of guanidine groups is 1. The number of aliphatic hydroxyl groups excluding tert-OH is 1. The summed E-state index contributed by atoms with van der Waals surface area (Å²) in [4.78, 5) is 21.4. The van der Waals surface area contributed by atoms with Crippen molar-refractivity contribution in [2.24, 2.45) is 15.7 Å². The second kappa shape index (κ2) is 11.4. The first kappa shape index (κ1) is 26.9. The van der Waals surface area contributed by atoms with Crippen LogP contribution in [0.4, 0.5) is 15.8 Å². The Labute approximate surface area is 210 Å². The van der Waals surface area contributed by atoms with E-state index in [-0.39, 0.29) is 24.1 Å². The van der Waals surface area contributed by atoms with E-state index >= 15 is 0 Å². The van der Waals surface area contributed by atoms with Gasteiger partial charge >= 0.3 is 0 Å². The van der Waals surface area contributed by atoms with E-state index in [0.29, 0.717) is 24.4 Å². The zero-order chi connectivity index (χ0) is 26.5. The molecule has 0 radical (unpaired) electrons. The van der Waals surface area contributed by atoms with Gasteiger partial charge in [0.2, 0.25) is 5.91 Å². The number of amides is 1. The summed E-state index contributed by atoms with van der Waals surface area (Å²) < 4.78 is 22.1. The smallest absolute Gasteiger partial charge is 0.248 e. The molecule has 0 aliphatic carbocycles. The quantitative estimate of drug-likeness (QED) is 0.256. The van der Waals surface area contributed by atoms with Crippen LogP contribution in [0.2, 0.25) is 0 Å². The lowest BCUT2D eigenvalue weighted by Gasteiger charge is -2.34. The van der Waals surface area contributed by atoms with Crippen LogP contribution in [0, 0.1) is 0 Å². The number of piperidine rings is 1. The maximum atomic E-state index is 14.5. The minimum atomic E-state index is -1.38. The number of likely N-dealkylation sites (tertiary alicyclic amines) is 1. The average Bonchev–Trinajstić information content (AvgIpc) is 3.29. The van der Waals surface area contributed by atoms with Crippen molar-refractivity contribution in [3.8, 4) is 5.75 Å². The van der Waals surface area contributed by atoms with Crippen LogP contribution in [0.1, 0.15) is 45.7 Å². The van der Waals surface area contributed by atoms with Crippen molar-refractivity contribution in [3.05, 3.63) is 36.2 Å². The lowest BCUT2D eigenvalue weighted by atomic mass is 10.0. The van der Waals surface area contributed by atoms with Gasteiger partial charge in [-0.3, -0.25) is 14.5 Å². The Bertz CT molecular complexity index is 1110. The summed E-state index contributed by atoms with van der Waals surface area (Å²) in [5.74, 6) is 0.0509. The largest absolute Gasteiger partial charge is 0.485 e. The molecule has 0 saturated carbocycles. The number of hydrogen-bond acceptors (Lipinski definition) is 6. The van der Waals surface area contributed by atoms with E-state index in [0.717, 1.165) is 11.3 Å². The van der Waals surface area contributed by atoms with Gasteiger partial charge in [0.15, 0.2) is 12.1 Å². The fraction of sp³-hybridized carbons (Fsp3) is 0.500. The van der Waals surface area contributed by atoms with Crippen molar-refractivity contribution in [2.45, 2.75) is 58.0 Å². The van der Waals surface area contributed by atoms with E-state index in [9.17, 15) is 9.18 Å². The number of nitrogens with zero attached hydrogens (tertiary/aromatic N) is 5. The van der Waals surface area contributed by atoms with Gasteiger partial charge in [0.25, 0.3) is 0 Å². The highest BCUT2D eigenvalue weighted by atomic mass is 19.1. The monoisotopic (exact) mass is 502 g/mol. The zero-order valence-corrected chi connectivity index (χ0v) is 21.1. The molecular weight excluding hydrogens is 467 g/mol. The molecule has 1 aliphatic heterocycles. The topological polar surface area (TPSA) is 156 Å². The summed E-state index contributed by atoms with van der Waals surface area (Å²) in [5.41, 5.74) is 13.8. The Kier molecular flexibility index (Phi) is 8.51. The number of nitrogens with two attached hydrogens (primary N) is 2. The first-order valence-electron chi connectivity index (χ1n) is 11.7. The molecule has 11 nitrogen and oxygen atoms in total. The maximum Gasteiger partial charge on any atom is 0.248 e. The number of alkyl halides is 1. The van der Waals surface area contributed by atoms with Crippen molar-refractivity contribution in [1.82, 2.24) is 14.7 Å². The first-order chi connectivity index (χ1) is 17.0. The molecule has 1 fully saturated rings. The van der Waals surface area contributed by atoms with Crippen molar-refractivity contribution >= 4 is 29.6 Å². The summed E-state index contributed by atoms with van der Waals surface area (Å²) in [6.07, 6.45) is 3.09. The summed E-state index contributed by atoms with van der Waals surface area (Å²) in [7, 11) is 0. The molecule has 6 N–H and O–H groups in total. The molecule has 3 rings (SSSR count). The predicted molar refractivity (Wildman–Crippen MR) is 138 cm³/mol. The summed E-state index contributed by atoms with van der Waals surface area (Å²) in [5, 5.41) is 16.2. The highest BCUT2D eigenvalue weighted by Crippen LogP contribution is 2.30. The van der Waals surface area contributed by atoms with Crippen LogP contribution in [0.25, 0.3) is 0 Å². The van der Waals surface area contributed by atoms with Crippen LogP contribution >= 0.6 is 0 Å². The molecule has 1 aromatic heterocycles. The molecule has 2 heterocycles. The van der Waals surface area contributed by atoms with E-state index in [1.165, 1.54) is 11.2 Å². The van der Waals surface area contributed by atoms with Gasteiger partial charge in [0, 0.05) is 19.2 Å². The number of carbonyl (C=O) groups is 1. The van der Waals surface area contributed by atoms with Gasteiger partial charge in [-0.05, 0) is 45.4 Å². The molecule has 1 aliphatic rings. The number of benzene rings is 1. The molecule has 36 heavy (non-hydrogen) atoms. The maximum absolute atomic E-state index is 14.5. The zero-order valence-electron chi connectivity index (χ0n) is 21.1. The van der Waals surface area contributed by atoms with E-state index in [1.807, 2.05) is 38.6 Å². The van der Waals surface area contributed by atoms with Gasteiger partial charge in [-0.1, -0.05) is 6.07 Å². The molecule has 1 unspecified atom stereocenters. The standard InChI is InChI=1S/C24H35FN8O3/c1-15(28-14-29-23(27)31-17-10-30-33(11-17)24(2,3)4)16-5-6-21(19(26)9-16)36-20-7-8-32(12-18(20)25)22(35)13-34/h5-6,9-11,14-15,18,20,34H,7-8,12-13,26H2,1-4H3,(H3,27,28,29,31)/t15?,18-,20+/m1/s1. The molecule has 12 heteroatoms. The second-order valence-electron chi connectivity index (χ2n) is 9.68. The number of aromatic nitrogens is 2. The van der Waals surface area contributed by atoms with E-state index in [4.69, 9.17) is 21.3 Å². The number of rotatable bonds is 7. The Morgan fingerprint density at radius 2 is 2.19 bits per heavy atom. The SMILES string of the molecule is CC(N=CN=C(N)Nc1cnn(C(C)(C)C)c1)c1ccc(O[C@H]2CCN(C(=O)CO)C[C@H]2F)c(N)c1. The molecule has 1 aromatic carbocycles. The number of nitrogens with one attached hydrogen (secondary N) is 1. The minimum Gasteiger partial charge on any atom is -0.485 e. The van der Waals surface area contributed by atoms with Crippen LogP contribution in [-0.4, -0.2) is 70.0 Å². The lowest BCUT2D eigenvalue weighted by Crippen LogP contribution is -2.50. The first-order valence-corrected chi connectivity index (χ1v) is 11.7. The molecule has 0 bridgehead atoms. The normalized spacial score (nSPS) is 19.9. The van der Waals surface area contributed by atoms with Gasteiger partial charge in [-0.25, -0.2) is 9.38 Å². The fourth-order valence-corrected chi connectivity index (χ4v) is 3.66. The van der Waals surface area contributed by atoms with Gasteiger partial charge in [0.05, 0.1) is 35.7 Å². The Hall–Kier alpha value is -3.67. The highest BCUT2D eigenvalue weighted by Gasteiger charge is 2.33. The van der Waals surface area contributed by atoms with Gasteiger partial charge in [0.1, 0.15) is 24.8 Å². The summed E-state index contributed by atoms with van der Waals surface area (Å²) in [6, 6.07) is 4.95. The van der Waals surface area contributed by atoms with Crippen molar-refractivity contribution in [3.63, 3.8) is 0 Å². The number of ether oxygens (including phenoxy) is 1. The van der Waals surface area contributed by atoms with Crippen molar-refractivity contribution in [2.75, 3.05) is 30.7 Å². The summed E-state index contributed by atoms with van der Waals surface area (Å²) in [6.45, 7) is 7.58. The number of aliphatic imine (C=N–C) groups is 2. The Balaban J connectivity index is 1.56. The third-order valence-electron chi connectivity index (χ3n) is 5.79. The number of nitrogen functional groups attached to an aromatic ring is 1. The van der Waals surface area contributed by atoms with Crippen molar-refractivity contribution < 1.29 is 19.0 Å². The van der Waals surface area contributed by atoms with Gasteiger partial charge < -0.3 is 31.5 Å². The third-order valence-corrected chi connectivity index (χ3v) is 5.79. The number of carbonyl (C=O) groups excluding carboxylic acids is 1. The fourth-order valence-electron chi connectivity index (χ4n) is 3.66. The van der Waals surface area contributed by atoms with Crippen molar-refractivity contribution in [1.29, 1.82) is 0 Å². The molecule has 3 atom stereocenters. The van der Waals surface area contributed by atoms with Gasteiger partial charge in [-0.15, -0.1) is 0 Å². The van der Waals surface area contributed by atoms with Crippen LogP contribution in [-0.2, 0) is 10.3 Å². The van der Waals surface area contributed by atoms with Gasteiger partial charge in [-0.2, -0.15) is 5.10 Å². The number of aliphatic hydroxyl groups is 1.